The molecular formula is C19H20N4O3. The third-order valence-corrected chi connectivity index (χ3v) is 4.39. The first-order valence-electron chi connectivity index (χ1n) is 8.62. The summed E-state index contributed by atoms with van der Waals surface area (Å²) in [5.41, 5.74) is 2.29. The maximum atomic E-state index is 12.7. The van der Waals surface area contributed by atoms with Crippen LogP contribution in [0.25, 0.3) is 11.0 Å². The maximum Gasteiger partial charge on any atom is 0.251 e. The van der Waals surface area contributed by atoms with Crippen molar-refractivity contribution in [3.8, 4) is 5.88 Å². The number of carbonyl (C=O) groups excluding carboxylic acids is 1. The molecule has 0 bridgehead atoms. The smallest absolute Gasteiger partial charge is 0.251 e. The first-order chi connectivity index (χ1) is 12.7. The number of nitrogens with one attached hydrogen (secondary N) is 2. The third kappa shape index (κ3) is 3.52. The highest BCUT2D eigenvalue weighted by Gasteiger charge is 2.29. The van der Waals surface area contributed by atoms with Gasteiger partial charge in [0, 0.05) is 24.4 Å². The van der Waals surface area contributed by atoms with E-state index in [0.717, 1.165) is 16.9 Å². The lowest BCUT2D eigenvalue weighted by Crippen LogP contribution is -2.51. The van der Waals surface area contributed by atoms with Crippen molar-refractivity contribution < 1.29 is 14.3 Å². The van der Waals surface area contributed by atoms with Crippen molar-refractivity contribution in [2.75, 3.05) is 13.2 Å². The van der Waals surface area contributed by atoms with Crippen LogP contribution >= 0.6 is 0 Å². The topological polar surface area (TPSA) is 89.1 Å². The number of hydrogen-bond donors (Lipinski definition) is 2. The Balaban J connectivity index is 1.48. The van der Waals surface area contributed by atoms with Crippen LogP contribution in [0.15, 0.2) is 42.6 Å². The first kappa shape index (κ1) is 16.5. The number of aromatic amines is 1. The fourth-order valence-electron chi connectivity index (χ4n) is 3.10. The Kier molecular flexibility index (Phi) is 4.53. The van der Waals surface area contributed by atoms with E-state index in [0.29, 0.717) is 31.1 Å². The molecule has 2 atom stereocenters. The largest absolute Gasteiger partial charge is 0.470 e. The molecule has 0 spiro atoms. The molecule has 0 aliphatic carbocycles. The first-order valence-corrected chi connectivity index (χ1v) is 8.62. The third-order valence-electron chi connectivity index (χ3n) is 4.39. The number of rotatable bonds is 4. The van der Waals surface area contributed by atoms with Crippen molar-refractivity contribution in [2.45, 2.75) is 25.5 Å². The number of pyridine rings is 1. The molecule has 3 aromatic rings. The van der Waals surface area contributed by atoms with Crippen LogP contribution in [0, 0.1) is 6.92 Å². The minimum atomic E-state index is -0.277. The molecule has 7 heteroatoms. The number of aryl methyl sites for hydroxylation is 1. The molecule has 2 N–H and O–H groups in total. The van der Waals surface area contributed by atoms with Crippen LogP contribution in [0.3, 0.4) is 0 Å². The predicted molar refractivity (Wildman–Crippen MR) is 96.2 cm³/mol. The molecule has 1 aliphatic heterocycles. The number of aromatic nitrogens is 3. The summed E-state index contributed by atoms with van der Waals surface area (Å²) in [5, 5.41) is 3.07. The highest BCUT2D eigenvalue weighted by atomic mass is 16.5. The second kappa shape index (κ2) is 7.13. The summed E-state index contributed by atoms with van der Waals surface area (Å²) < 4.78 is 11.4. The number of benzene rings is 1. The second-order valence-electron chi connectivity index (χ2n) is 6.32. The zero-order valence-corrected chi connectivity index (χ0v) is 14.4. The van der Waals surface area contributed by atoms with Gasteiger partial charge in [0.05, 0.1) is 23.7 Å². The molecule has 7 nitrogen and oxygen atoms in total. The van der Waals surface area contributed by atoms with Gasteiger partial charge in [0.2, 0.25) is 5.88 Å². The zero-order chi connectivity index (χ0) is 17.9. The van der Waals surface area contributed by atoms with Crippen LogP contribution in [0.5, 0.6) is 5.88 Å². The van der Waals surface area contributed by atoms with Gasteiger partial charge >= 0.3 is 0 Å². The van der Waals surface area contributed by atoms with E-state index in [9.17, 15) is 4.79 Å². The Hall–Kier alpha value is -2.93. The molecule has 2 aromatic heterocycles. The van der Waals surface area contributed by atoms with E-state index >= 15 is 0 Å². The molecule has 26 heavy (non-hydrogen) atoms. The number of carbonyl (C=O) groups is 1. The van der Waals surface area contributed by atoms with Crippen LogP contribution in [0.1, 0.15) is 22.6 Å². The SMILES string of the molecule is Cc1nc2ccc(C(=O)NC3CCOCC3Oc3ccccn3)cc2[nH]1. The highest BCUT2D eigenvalue weighted by Crippen LogP contribution is 2.17. The van der Waals surface area contributed by atoms with E-state index in [4.69, 9.17) is 9.47 Å². The van der Waals surface area contributed by atoms with Gasteiger partial charge in [-0.15, -0.1) is 0 Å². The number of amides is 1. The molecule has 2 unspecified atom stereocenters. The zero-order valence-electron chi connectivity index (χ0n) is 14.4. The summed E-state index contributed by atoms with van der Waals surface area (Å²) in [6.45, 7) is 2.90. The Morgan fingerprint density at radius 2 is 2.27 bits per heavy atom. The van der Waals surface area contributed by atoms with E-state index in [1.54, 1.807) is 18.3 Å². The Morgan fingerprint density at radius 1 is 1.35 bits per heavy atom. The summed E-state index contributed by atoms with van der Waals surface area (Å²) >= 11 is 0. The van der Waals surface area contributed by atoms with Gasteiger partial charge in [-0.2, -0.15) is 0 Å². The van der Waals surface area contributed by atoms with Crippen molar-refractivity contribution in [2.24, 2.45) is 0 Å². The number of fused-ring (bicyclic) bond motifs is 1. The monoisotopic (exact) mass is 352 g/mol. The van der Waals surface area contributed by atoms with Gasteiger partial charge in [0.1, 0.15) is 11.9 Å². The quantitative estimate of drug-likeness (QED) is 0.752. The van der Waals surface area contributed by atoms with Gasteiger partial charge in [-0.1, -0.05) is 6.07 Å². The van der Waals surface area contributed by atoms with Crippen LogP contribution in [0.2, 0.25) is 0 Å². The van der Waals surface area contributed by atoms with E-state index in [2.05, 4.69) is 20.3 Å². The molecule has 1 amide bonds. The summed E-state index contributed by atoms with van der Waals surface area (Å²) in [6, 6.07) is 10.8. The lowest BCUT2D eigenvalue weighted by molar-refractivity contribution is -0.0152. The summed E-state index contributed by atoms with van der Waals surface area (Å²) in [4.78, 5) is 24.4. The van der Waals surface area contributed by atoms with E-state index in [1.165, 1.54) is 0 Å². The molecule has 1 fully saturated rings. The molecular weight excluding hydrogens is 332 g/mol. The Bertz CT molecular complexity index is 910. The van der Waals surface area contributed by atoms with Crippen LogP contribution < -0.4 is 10.1 Å². The molecule has 1 aliphatic rings. The Labute approximate surface area is 150 Å². The molecule has 3 heterocycles. The molecule has 1 aromatic carbocycles. The highest BCUT2D eigenvalue weighted by molar-refractivity contribution is 5.97. The van der Waals surface area contributed by atoms with E-state index < -0.39 is 0 Å². The standard InChI is InChI=1S/C19H20N4O3/c1-12-21-14-6-5-13(10-16(14)22-12)19(24)23-15-7-9-25-11-17(15)26-18-4-2-3-8-20-18/h2-6,8,10,15,17H,7,9,11H2,1H3,(H,21,22)(H,23,24). The average Bonchev–Trinajstić information content (AvgIpc) is 3.03. The second-order valence-corrected chi connectivity index (χ2v) is 6.32. The fraction of sp³-hybridized carbons (Fsp3) is 0.316. The Morgan fingerprint density at radius 3 is 3.12 bits per heavy atom. The van der Waals surface area contributed by atoms with Crippen molar-refractivity contribution >= 4 is 16.9 Å². The molecule has 4 rings (SSSR count). The molecule has 0 radical (unpaired) electrons. The number of hydrogen-bond acceptors (Lipinski definition) is 5. The number of ether oxygens (including phenoxy) is 2. The summed E-state index contributed by atoms with van der Waals surface area (Å²) in [6.07, 6.45) is 2.09. The van der Waals surface area contributed by atoms with Gasteiger partial charge in [-0.3, -0.25) is 4.79 Å². The van der Waals surface area contributed by atoms with Gasteiger partial charge in [0.15, 0.2) is 0 Å². The van der Waals surface area contributed by atoms with Crippen molar-refractivity contribution in [3.63, 3.8) is 0 Å². The predicted octanol–water partition coefficient (Wildman–Crippen LogP) is 2.23. The molecule has 1 saturated heterocycles. The lowest BCUT2D eigenvalue weighted by atomic mass is 10.0. The number of nitrogens with zero attached hydrogens (tertiary/aromatic N) is 2. The molecule has 134 valence electrons. The summed E-state index contributed by atoms with van der Waals surface area (Å²) in [7, 11) is 0. The van der Waals surface area contributed by atoms with Gasteiger partial charge in [-0.25, -0.2) is 9.97 Å². The van der Waals surface area contributed by atoms with Crippen LogP contribution in [-0.4, -0.2) is 46.2 Å². The molecule has 0 saturated carbocycles. The maximum absolute atomic E-state index is 12.7. The fourth-order valence-corrected chi connectivity index (χ4v) is 3.10. The van der Waals surface area contributed by atoms with Crippen LogP contribution in [0.4, 0.5) is 0 Å². The van der Waals surface area contributed by atoms with Gasteiger partial charge in [0.25, 0.3) is 5.91 Å². The van der Waals surface area contributed by atoms with Crippen molar-refractivity contribution in [1.29, 1.82) is 0 Å². The van der Waals surface area contributed by atoms with Gasteiger partial charge < -0.3 is 19.8 Å². The lowest BCUT2D eigenvalue weighted by Gasteiger charge is -2.32. The average molecular weight is 352 g/mol. The van der Waals surface area contributed by atoms with E-state index in [-0.39, 0.29) is 18.1 Å². The van der Waals surface area contributed by atoms with Crippen molar-refractivity contribution in [1.82, 2.24) is 20.3 Å². The van der Waals surface area contributed by atoms with Crippen LogP contribution in [-0.2, 0) is 4.74 Å². The minimum Gasteiger partial charge on any atom is -0.470 e. The van der Waals surface area contributed by atoms with Crippen molar-refractivity contribution in [3.05, 3.63) is 54.0 Å². The number of H-pyrrole nitrogens is 1. The summed E-state index contributed by atoms with van der Waals surface area (Å²) in [5.74, 6) is 1.21. The van der Waals surface area contributed by atoms with E-state index in [1.807, 2.05) is 31.2 Å². The normalized spacial score (nSPS) is 20.0. The number of imidazole rings is 1. The van der Waals surface area contributed by atoms with Gasteiger partial charge in [-0.05, 0) is 37.6 Å². The minimum absolute atomic E-state index is 0.138.